The molecule has 0 spiro atoms. The summed E-state index contributed by atoms with van der Waals surface area (Å²) in [5.74, 6) is 0. The number of rotatable bonds is 4. The lowest BCUT2D eigenvalue weighted by molar-refractivity contribution is -0.165. The molecular weight excluding hydrogens is 233 g/mol. The minimum Gasteiger partial charge on any atom is -0.384 e. The summed E-state index contributed by atoms with van der Waals surface area (Å²) < 4.78 is 38.2. The molecule has 1 aromatic carbocycles. The zero-order valence-corrected chi connectivity index (χ0v) is 8.93. The number of alkyl halides is 3. The van der Waals surface area contributed by atoms with E-state index in [9.17, 15) is 13.2 Å². The van der Waals surface area contributed by atoms with Crippen molar-refractivity contribution in [2.24, 2.45) is 5.73 Å². The molecule has 0 aliphatic carbocycles. The number of hydrogen-bond acceptors (Lipinski definition) is 4. The molecule has 4 nitrogen and oxygen atoms in total. The standard InChI is InChI=1S/C10H13F3N4/c11-10(12,13)9(16-17-9)7-1-3-8(4-2-7)15-6-5-14/h1-4,15-17H,5-6,14H2. The number of hydrogen-bond donors (Lipinski definition) is 4. The number of nitrogens with two attached hydrogens (primary N) is 1. The fraction of sp³-hybridized carbons (Fsp3) is 0.400. The molecule has 1 fully saturated rings. The Morgan fingerprint density at radius 3 is 2.18 bits per heavy atom. The quantitative estimate of drug-likeness (QED) is 0.594. The van der Waals surface area contributed by atoms with Gasteiger partial charge in [-0.05, 0) is 17.7 Å². The van der Waals surface area contributed by atoms with Crippen LogP contribution in [0.3, 0.4) is 0 Å². The first-order valence-corrected chi connectivity index (χ1v) is 5.15. The van der Waals surface area contributed by atoms with Gasteiger partial charge >= 0.3 is 6.18 Å². The van der Waals surface area contributed by atoms with Crippen LogP contribution in [0.2, 0.25) is 0 Å². The predicted octanol–water partition coefficient (Wildman–Crippen LogP) is 0.880. The molecule has 1 aromatic rings. The van der Waals surface area contributed by atoms with E-state index in [4.69, 9.17) is 5.73 Å². The van der Waals surface area contributed by atoms with Crippen molar-refractivity contribution in [3.63, 3.8) is 0 Å². The zero-order valence-electron chi connectivity index (χ0n) is 8.93. The summed E-state index contributed by atoms with van der Waals surface area (Å²) in [5, 5.41) is 2.99. The summed E-state index contributed by atoms with van der Waals surface area (Å²) in [6, 6.07) is 6.05. The van der Waals surface area contributed by atoms with E-state index in [2.05, 4.69) is 16.2 Å². The van der Waals surface area contributed by atoms with Gasteiger partial charge in [-0.1, -0.05) is 12.1 Å². The average Bonchev–Trinajstić information content (AvgIpc) is 3.07. The van der Waals surface area contributed by atoms with E-state index < -0.39 is 11.8 Å². The predicted molar refractivity (Wildman–Crippen MR) is 58.0 cm³/mol. The van der Waals surface area contributed by atoms with E-state index in [1.807, 2.05) is 0 Å². The third-order valence-corrected chi connectivity index (χ3v) is 2.59. The summed E-state index contributed by atoms with van der Waals surface area (Å²) in [6.45, 7) is 1.05. The van der Waals surface area contributed by atoms with Gasteiger partial charge in [-0.3, -0.25) is 0 Å². The summed E-state index contributed by atoms with van der Waals surface area (Å²) in [4.78, 5) is 0. The number of anilines is 1. The second-order valence-electron chi connectivity index (χ2n) is 3.79. The van der Waals surface area contributed by atoms with Gasteiger partial charge in [0, 0.05) is 18.8 Å². The topological polar surface area (TPSA) is 81.9 Å². The molecule has 0 amide bonds. The normalized spacial score (nSPS) is 17.9. The molecule has 1 aliphatic heterocycles. The highest BCUT2D eigenvalue weighted by Crippen LogP contribution is 2.42. The van der Waals surface area contributed by atoms with Crippen LogP contribution in [0.15, 0.2) is 24.3 Å². The summed E-state index contributed by atoms with van der Waals surface area (Å²) in [6.07, 6.45) is -4.36. The Labute approximate surface area is 96.3 Å². The van der Waals surface area contributed by atoms with Crippen molar-refractivity contribution in [3.8, 4) is 0 Å². The van der Waals surface area contributed by atoms with E-state index >= 15 is 0 Å². The molecule has 0 unspecified atom stereocenters. The SMILES string of the molecule is NCCNc1ccc(C2(C(F)(F)F)NN2)cc1. The molecule has 2 rings (SSSR count). The Hall–Kier alpha value is -1.31. The largest absolute Gasteiger partial charge is 0.426 e. The Bertz CT molecular complexity index is 384. The molecule has 0 saturated carbocycles. The van der Waals surface area contributed by atoms with E-state index in [0.717, 1.165) is 5.69 Å². The van der Waals surface area contributed by atoms with Crippen LogP contribution in [-0.4, -0.2) is 19.3 Å². The highest BCUT2D eigenvalue weighted by molar-refractivity contribution is 5.47. The van der Waals surface area contributed by atoms with Gasteiger partial charge in [0.1, 0.15) is 0 Å². The number of nitrogens with one attached hydrogen (secondary N) is 3. The van der Waals surface area contributed by atoms with Gasteiger partial charge in [-0.15, -0.1) is 0 Å². The third kappa shape index (κ3) is 2.21. The van der Waals surface area contributed by atoms with Gasteiger partial charge in [0.15, 0.2) is 0 Å². The molecule has 1 saturated heterocycles. The molecule has 1 aliphatic rings. The average molecular weight is 246 g/mol. The van der Waals surface area contributed by atoms with Crippen molar-refractivity contribution in [1.82, 2.24) is 10.9 Å². The number of halogens is 3. The number of hydrazine groups is 1. The van der Waals surface area contributed by atoms with Crippen molar-refractivity contribution in [3.05, 3.63) is 29.8 Å². The molecule has 5 N–H and O–H groups in total. The van der Waals surface area contributed by atoms with Crippen molar-refractivity contribution in [2.75, 3.05) is 18.4 Å². The van der Waals surface area contributed by atoms with Crippen molar-refractivity contribution >= 4 is 5.69 Å². The van der Waals surface area contributed by atoms with Crippen LogP contribution in [0, 0.1) is 0 Å². The second-order valence-corrected chi connectivity index (χ2v) is 3.79. The fourth-order valence-electron chi connectivity index (χ4n) is 1.57. The van der Waals surface area contributed by atoms with Crippen LogP contribution < -0.4 is 21.9 Å². The van der Waals surface area contributed by atoms with Gasteiger partial charge in [-0.25, -0.2) is 10.9 Å². The monoisotopic (exact) mass is 246 g/mol. The lowest BCUT2D eigenvalue weighted by atomic mass is 10.0. The zero-order chi connectivity index (χ0) is 12.5. The second kappa shape index (κ2) is 4.17. The summed E-state index contributed by atoms with van der Waals surface area (Å²) >= 11 is 0. The molecule has 0 aromatic heterocycles. The van der Waals surface area contributed by atoms with Gasteiger partial charge in [-0.2, -0.15) is 13.2 Å². The highest BCUT2D eigenvalue weighted by Gasteiger charge is 2.65. The molecular formula is C10H13F3N4. The Kier molecular flexibility index (Phi) is 2.98. The van der Waals surface area contributed by atoms with Gasteiger partial charge in [0.25, 0.3) is 0 Å². The first-order chi connectivity index (χ1) is 7.99. The van der Waals surface area contributed by atoms with Gasteiger partial charge in [0.2, 0.25) is 5.66 Å². The lowest BCUT2D eigenvalue weighted by Gasteiger charge is -2.16. The maximum Gasteiger partial charge on any atom is 0.426 e. The molecule has 0 radical (unpaired) electrons. The van der Waals surface area contributed by atoms with Crippen molar-refractivity contribution in [1.29, 1.82) is 0 Å². The van der Waals surface area contributed by atoms with Gasteiger partial charge < -0.3 is 11.1 Å². The molecule has 1 heterocycles. The highest BCUT2D eigenvalue weighted by atomic mass is 19.4. The third-order valence-electron chi connectivity index (χ3n) is 2.59. The Balaban J connectivity index is 2.13. The van der Waals surface area contributed by atoms with E-state index in [1.54, 1.807) is 12.1 Å². The fourth-order valence-corrected chi connectivity index (χ4v) is 1.57. The molecule has 0 atom stereocenters. The molecule has 7 heteroatoms. The van der Waals surface area contributed by atoms with Crippen LogP contribution in [0.4, 0.5) is 18.9 Å². The first-order valence-electron chi connectivity index (χ1n) is 5.15. The maximum atomic E-state index is 12.7. The van der Waals surface area contributed by atoms with Crippen LogP contribution in [0.5, 0.6) is 0 Å². The Morgan fingerprint density at radius 2 is 1.76 bits per heavy atom. The van der Waals surface area contributed by atoms with E-state index in [0.29, 0.717) is 13.1 Å². The van der Waals surface area contributed by atoms with Crippen LogP contribution in [0.25, 0.3) is 0 Å². The van der Waals surface area contributed by atoms with E-state index in [-0.39, 0.29) is 5.56 Å². The van der Waals surface area contributed by atoms with Crippen LogP contribution in [0.1, 0.15) is 5.56 Å². The van der Waals surface area contributed by atoms with Crippen LogP contribution >= 0.6 is 0 Å². The lowest BCUT2D eigenvalue weighted by Crippen LogP contribution is -2.34. The van der Waals surface area contributed by atoms with Crippen molar-refractivity contribution < 1.29 is 13.2 Å². The maximum absolute atomic E-state index is 12.7. The smallest absolute Gasteiger partial charge is 0.384 e. The van der Waals surface area contributed by atoms with Crippen LogP contribution in [-0.2, 0) is 5.66 Å². The molecule has 0 bridgehead atoms. The minimum absolute atomic E-state index is 0.142. The first kappa shape index (κ1) is 12.2. The van der Waals surface area contributed by atoms with Crippen molar-refractivity contribution in [2.45, 2.75) is 11.8 Å². The molecule has 17 heavy (non-hydrogen) atoms. The Morgan fingerprint density at radius 1 is 1.18 bits per heavy atom. The minimum atomic E-state index is -4.36. The van der Waals surface area contributed by atoms with Gasteiger partial charge in [0.05, 0.1) is 0 Å². The molecule has 94 valence electrons. The number of benzene rings is 1. The van der Waals surface area contributed by atoms with E-state index in [1.165, 1.54) is 12.1 Å². The summed E-state index contributed by atoms with van der Waals surface area (Å²) in [7, 11) is 0. The summed E-state index contributed by atoms with van der Waals surface area (Å²) in [5.41, 5.74) is 8.42.